The number of carbonyl (C=O) groups is 2. The molecule has 0 atom stereocenters. The zero-order valence-electron chi connectivity index (χ0n) is 12.0. The number of halogens is 1. The first-order valence-electron chi connectivity index (χ1n) is 6.95. The number of rotatable bonds is 3. The molecule has 5 nitrogen and oxygen atoms in total. The molecule has 0 radical (unpaired) electrons. The van der Waals surface area contributed by atoms with E-state index in [9.17, 15) is 14.0 Å². The van der Waals surface area contributed by atoms with E-state index in [0.29, 0.717) is 39.0 Å². The van der Waals surface area contributed by atoms with E-state index in [1.54, 1.807) is 21.9 Å². The summed E-state index contributed by atoms with van der Waals surface area (Å²) in [6.07, 6.45) is 0.633. The molecule has 0 N–H and O–H groups in total. The molecule has 1 heterocycles. The van der Waals surface area contributed by atoms with Gasteiger partial charge in [-0.2, -0.15) is 0 Å². The molecule has 2 amide bonds. The summed E-state index contributed by atoms with van der Waals surface area (Å²) in [7, 11) is 1.35. The number of ether oxygens (including phenoxy) is 1. The van der Waals surface area contributed by atoms with Crippen LogP contribution in [0.5, 0.6) is 0 Å². The van der Waals surface area contributed by atoms with Crippen LogP contribution in [0.25, 0.3) is 0 Å². The molecule has 1 aliphatic heterocycles. The third-order valence-corrected chi connectivity index (χ3v) is 3.61. The predicted octanol–water partition coefficient (Wildman–Crippen LogP) is 1.67. The van der Waals surface area contributed by atoms with Gasteiger partial charge in [0.2, 0.25) is 5.91 Å². The van der Waals surface area contributed by atoms with Crippen molar-refractivity contribution in [3.05, 3.63) is 35.6 Å². The predicted molar refractivity (Wildman–Crippen MR) is 75.3 cm³/mol. The zero-order valence-corrected chi connectivity index (χ0v) is 12.0. The maximum absolute atomic E-state index is 12.8. The molecule has 0 spiro atoms. The van der Waals surface area contributed by atoms with Crippen LogP contribution in [0.4, 0.5) is 9.18 Å². The van der Waals surface area contributed by atoms with Gasteiger partial charge < -0.3 is 14.5 Å². The lowest BCUT2D eigenvalue weighted by Gasteiger charge is -2.33. The van der Waals surface area contributed by atoms with Crippen LogP contribution >= 0.6 is 0 Å². The number of methoxy groups -OCH3 is 1. The Morgan fingerprint density at radius 1 is 1.10 bits per heavy atom. The molecule has 1 saturated heterocycles. The Morgan fingerprint density at radius 2 is 1.67 bits per heavy atom. The molecular weight excluding hydrogens is 275 g/mol. The van der Waals surface area contributed by atoms with E-state index in [1.165, 1.54) is 19.2 Å². The smallest absolute Gasteiger partial charge is 0.409 e. The van der Waals surface area contributed by atoms with Gasteiger partial charge in [0.05, 0.1) is 7.11 Å². The highest BCUT2D eigenvalue weighted by molar-refractivity contribution is 5.77. The maximum atomic E-state index is 12.8. The molecule has 0 saturated carbocycles. The largest absolute Gasteiger partial charge is 0.453 e. The Hall–Kier alpha value is -2.11. The second kappa shape index (κ2) is 7.06. The second-order valence-corrected chi connectivity index (χ2v) is 4.96. The Labute approximate surface area is 123 Å². The normalized spacial score (nSPS) is 15.0. The van der Waals surface area contributed by atoms with E-state index in [4.69, 9.17) is 0 Å². The highest BCUT2D eigenvalue weighted by Gasteiger charge is 2.24. The summed E-state index contributed by atoms with van der Waals surface area (Å²) in [5.41, 5.74) is 0.943. The van der Waals surface area contributed by atoms with Crippen LogP contribution in [0.2, 0.25) is 0 Å². The van der Waals surface area contributed by atoms with Gasteiger partial charge in [0.1, 0.15) is 5.82 Å². The number of hydrogen-bond donors (Lipinski definition) is 0. The van der Waals surface area contributed by atoms with Gasteiger partial charge >= 0.3 is 6.09 Å². The van der Waals surface area contributed by atoms with Gasteiger partial charge in [-0.1, -0.05) is 12.1 Å². The Balaban J connectivity index is 1.77. The fourth-order valence-corrected chi connectivity index (χ4v) is 2.33. The lowest BCUT2D eigenvalue weighted by atomic mass is 10.1. The van der Waals surface area contributed by atoms with Crippen LogP contribution in [0, 0.1) is 5.82 Å². The third kappa shape index (κ3) is 4.18. The number of nitrogens with zero attached hydrogens (tertiary/aromatic N) is 2. The third-order valence-electron chi connectivity index (χ3n) is 3.61. The molecule has 1 fully saturated rings. The lowest BCUT2D eigenvalue weighted by molar-refractivity contribution is -0.132. The SMILES string of the molecule is COC(=O)N1CCN(C(=O)CCc2ccc(F)cc2)CC1. The van der Waals surface area contributed by atoms with Crippen LogP contribution in [-0.2, 0) is 16.0 Å². The zero-order chi connectivity index (χ0) is 15.2. The van der Waals surface area contributed by atoms with Gasteiger partial charge in [-0.15, -0.1) is 0 Å². The molecule has 0 unspecified atom stereocenters. The van der Waals surface area contributed by atoms with Gasteiger partial charge in [0.15, 0.2) is 0 Å². The number of hydrogen-bond acceptors (Lipinski definition) is 3. The van der Waals surface area contributed by atoms with Gasteiger partial charge in [-0.3, -0.25) is 4.79 Å². The standard InChI is InChI=1S/C15H19FN2O3/c1-21-15(20)18-10-8-17(9-11-18)14(19)7-4-12-2-5-13(16)6-3-12/h2-3,5-6H,4,7-11H2,1H3. The van der Waals surface area contributed by atoms with Gasteiger partial charge in [0.25, 0.3) is 0 Å². The molecule has 114 valence electrons. The number of amides is 2. The summed E-state index contributed by atoms with van der Waals surface area (Å²) >= 11 is 0. The molecule has 6 heteroatoms. The van der Waals surface area contributed by atoms with Gasteiger partial charge in [0, 0.05) is 32.6 Å². The average molecular weight is 294 g/mol. The van der Waals surface area contributed by atoms with Crippen molar-refractivity contribution in [1.82, 2.24) is 9.80 Å². The second-order valence-electron chi connectivity index (χ2n) is 4.96. The highest BCUT2D eigenvalue weighted by atomic mass is 19.1. The summed E-state index contributed by atoms with van der Waals surface area (Å²) in [5.74, 6) is -0.215. The van der Waals surface area contributed by atoms with E-state index in [-0.39, 0.29) is 17.8 Å². The van der Waals surface area contributed by atoms with E-state index in [2.05, 4.69) is 4.74 Å². The van der Waals surface area contributed by atoms with Crippen LogP contribution < -0.4 is 0 Å². The first kappa shape index (κ1) is 15.3. The van der Waals surface area contributed by atoms with Crippen molar-refractivity contribution in [3.8, 4) is 0 Å². The van der Waals surface area contributed by atoms with Crippen molar-refractivity contribution in [3.63, 3.8) is 0 Å². The van der Waals surface area contributed by atoms with Crippen molar-refractivity contribution in [2.45, 2.75) is 12.8 Å². The summed E-state index contributed by atoms with van der Waals surface area (Å²) in [6.45, 7) is 2.04. The van der Waals surface area contributed by atoms with Crippen LogP contribution in [-0.4, -0.2) is 55.1 Å². The van der Waals surface area contributed by atoms with Gasteiger partial charge in [-0.05, 0) is 24.1 Å². The average Bonchev–Trinajstić information content (AvgIpc) is 2.53. The fraction of sp³-hybridized carbons (Fsp3) is 0.467. The molecule has 21 heavy (non-hydrogen) atoms. The number of carbonyl (C=O) groups excluding carboxylic acids is 2. The summed E-state index contributed by atoms with van der Waals surface area (Å²) < 4.78 is 17.4. The van der Waals surface area contributed by atoms with Crippen molar-refractivity contribution in [2.24, 2.45) is 0 Å². The molecule has 1 aliphatic rings. The monoisotopic (exact) mass is 294 g/mol. The Bertz CT molecular complexity index is 496. The molecule has 1 aromatic rings. The molecule has 0 bridgehead atoms. The minimum atomic E-state index is -0.353. The van der Waals surface area contributed by atoms with Crippen LogP contribution in [0.1, 0.15) is 12.0 Å². The fourth-order valence-electron chi connectivity index (χ4n) is 2.33. The summed E-state index contributed by atoms with van der Waals surface area (Å²) in [6, 6.07) is 6.18. The van der Waals surface area contributed by atoms with Crippen molar-refractivity contribution < 1.29 is 18.7 Å². The number of benzene rings is 1. The van der Waals surface area contributed by atoms with Crippen molar-refractivity contribution in [1.29, 1.82) is 0 Å². The summed E-state index contributed by atoms with van der Waals surface area (Å²) in [5, 5.41) is 0. The minimum absolute atomic E-state index is 0.0591. The Morgan fingerprint density at radius 3 is 2.24 bits per heavy atom. The minimum Gasteiger partial charge on any atom is -0.453 e. The van der Waals surface area contributed by atoms with E-state index in [0.717, 1.165) is 5.56 Å². The molecular formula is C15H19FN2O3. The van der Waals surface area contributed by atoms with Crippen molar-refractivity contribution in [2.75, 3.05) is 33.3 Å². The molecule has 0 aliphatic carbocycles. The molecule has 0 aromatic heterocycles. The summed E-state index contributed by atoms with van der Waals surface area (Å²) in [4.78, 5) is 26.8. The van der Waals surface area contributed by atoms with Crippen LogP contribution in [0.3, 0.4) is 0 Å². The first-order valence-corrected chi connectivity index (χ1v) is 6.95. The highest BCUT2D eigenvalue weighted by Crippen LogP contribution is 2.09. The first-order chi connectivity index (χ1) is 10.1. The molecule has 2 rings (SSSR count). The molecule has 1 aromatic carbocycles. The number of piperazine rings is 1. The van der Waals surface area contributed by atoms with E-state index >= 15 is 0 Å². The lowest BCUT2D eigenvalue weighted by Crippen LogP contribution is -2.50. The number of aryl methyl sites for hydroxylation is 1. The van der Waals surface area contributed by atoms with Gasteiger partial charge in [-0.25, -0.2) is 9.18 Å². The van der Waals surface area contributed by atoms with E-state index in [1.807, 2.05) is 0 Å². The van der Waals surface area contributed by atoms with Crippen molar-refractivity contribution >= 4 is 12.0 Å². The Kier molecular flexibility index (Phi) is 5.14. The topological polar surface area (TPSA) is 49.9 Å². The van der Waals surface area contributed by atoms with E-state index < -0.39 is 0 Å². The van der Waals surface area contributed by atoms with Crippen LogP contribution in [0.15, 0.2) is 24.3 Å². The maximum Gasteiger partial charge on any atom is 0.409 e. The quantitative estimate of drug-likeness (QED) is 0.852.